The molecule has 0 aromatic heterocycles. The molecule has 0 saturated carbocycles. The molecule has 1 fully saturated rings. The Morgan fingerprint density at radius 3 is 2.36 bits per heavy atom. The molecule has 2 aromatic rings. The molecule has 3 rings (SSSR count). The van der Waals surface area contributed by atoms with Crippen molar-refractivity contribution in [1.29, 1.82) is 0 Å². The van der Waals surface area contributed by atoms with E-state index < -0.39 is 11.9 Å². The molecule has 0 unspecified atom stereocenters. The average Bonchev–Trinajstić information content (AvgIpc) is 2.91. The van der Waals surface area contributed by atoms with Gasteiger partial charge in [0.2, 0.25) is 0 Å². The first-order chi connectivity index (χ1) is 11.9. The highest BCUT2D eigenvalue weighted by atomic mass is 16.8. The fourth-order valence-corrected chi connectivity index (χ4v) is 3.30. The van der Waals surface area contributed by atoms with Crippen molar-refractivity contribution in [3.8, 4) is 0 Å². The summed E-state index contributed by atoms with van der Waals surface area (Å²) in [6.45, 7) is 5.76. The molecule has 0 spiro atoms. The maximum absolute atomic E-state index is 12.9. The van der Waals surface area contributed by atoms with Crippen LogP contribution in [-0.2, 0) is 15.9 Å². The minimum absolute atomic E-state index is 0.00952. The van der Waals surface area contributed by atoms with E-state index in [-0.39, 0.29) is 11.9 Å². The van der Waals surface area contributed by atoms with Crippen molar-refractivity contribution in [2.75, 3.05) is 0 Å². The van der Waals surface area contributed by atoms with Crippen molar-refractivity contribution < 1.29 is 14.3 Å². The largest absolute Gasteiger partial charge is 0.344 e. The van der Waals surface area contributed by atoms with Crippen molar-refractivity contribution in [3.63, 3.8) is 0 Å². The molecule has 2 aromatic carbocycles. The lowest BCUT2D eigenvalue weighted by molar-refractivity contribution is -0.143. The second kappa shape index (κ2) is 7.51. The molecule has 0 amide bonds. The van der Waals surface area contributed by atoms with Gasteiger partial charge < -0.3 is 9.47 Å². The van der Waals surface area contributed by atoms with Gasteiger partial charge in [-0.15, -0.1) is 0 Å². The lowest BCUT2D eigenvalue weighted by atomic mass is 9.97. The van der Waals surface area contributed by atoms with E-state index in [2.05, 4.69) is 24.3 Å². The lowest BCUT2D eigenvalue weighted by Crippen LogP contribution is -2.31. The number of benzene rings is 2. The molecule has 1 saturated heterocycles. The van der Waals surface area contributed by atoms with E-state index in [4.69, 9.17) is 9.47 Å². The number of carbonyl (C=O) groups is 1. The molecular formula is C22H26O3. The summed E-state index contributed by atoms with van der Waals surface area (Å²) in [6, 6.07) is 18.0. The molecule has 1 aliphatic heterocycles. The van der Waals surface area contributed by atoms with Gasteiger partial charge >= 0.3 is 0 Å². The first kappa shape index (κ1) is 17.8. The highest BCUT2D eigenvalue weighted by Crippen LogP contribution is 2.32. The van der Waals surface area contributed by atoms with Crippen LogP contribution >= 0.6 is 0 Å². The van der Waals surface area contributed by atoms with E-state index in [1.807, 2.05) is 51.1 Å². The van der Waals surface area contributed by atoms with E-state index in [1.165, 1.54) is 5.56 Å². The molecule has 2 atom stereocenters. The quantitative estimate of drug-likeness (QED) is 0.715. The van der Waals surface area contributed by atoms with Crippen LogP contribution in [0.25, 0.3) is 0 Å². The molecule has 132 valence electrons. The zero-order chi connectivity index (χ0) is 17.9. The summed E-state index contributed by atoms with van der Waals surface area (Å²) >= 11 is 0. The number of hydrogen-bond acceptors (Lipinski definition) is 3. The third-order valence-corrected chi connectivity index (χ3v) is 4.58. The van der Waals surface area contributed by atoms with Gasteiger partial charge in [0.25, 0.3) is 0 Å². The van der Waals surface area contributed by atoms with Crippen LogP contribution < -0.4 is 0 Å². The Bertz CT molecular complexity index is 704. The van der Waals surface area contributed by atoms with Crippen molar-refractivity contribution in [2.45, 2.75) is 58.0 Å². The predicted molar refractivity (Wildman–Crippen MR) is 98.7 cm³/mol. The Balaban J connectivity index is 1.66. The second-order valence-electron chi connectivity index (χ2n) is 7.20. The first-order valence-corrected chi connectivity index (χ1v) is 8.95. The van der Waals surface area contributed by atoms with Crippen molar-refractivity contribution in [1.82, 2.24) is 0 Å². The van der Waals surface area contributed by atoms with Crippen LogP contribution in [0.1, 0.15) is 48.2 Å². The van der Waals surface area contributed by atoms with Crippen LogP contribution in [0.5, 0.6) is 0 Å². The SMILES string of the molecule is Cc1ccc(C(=O)[C@@H]2OC(C)(C)O[C@H]2CCCc2ccccc2)cc1. The minimum Gasteiger partial charge on any atom is -0.344 e. The van der Waals surface area contributed by atoms with E-state index in [1.54, 1.807) is 0 Å². The van der Waals surface area contributed by atoms with Crippen LogP contribution in [0.2, 0.25) is 0 Å². The summed E-state index contributed by atoms with van der Waals surface area (Å²) in [7, 11) is 0. The minimum atomic E-state index is -0.720. The molecule has 1 heterocycles. The standard InChI is InChI=1S/C22H26O3/c1-16-12-14-18(15-13-16)20(23)21-19(24-22(2,3)25-21)11-7-10-17-8-5-4-6-9-17/h4-6,8-9,12-15,19,21H,7,10-11H2,1-3H3/t19-,21+/m0/s1. The van der Waals surface area contributed by atoms with Crippen molar-refractivity contribution in [2.24, 2.45) is 0 Å². The van der Waals surface area contributed by atoms with Gasteiger partial charge in [-0.25, -0.2) is 0 Å². The van der Waals surface area contributed by atoms with E-state index in [0.29, 0.717) is 5.56 Å². The molecule has 0 N–H and O–H groups in total. The maximum atomic E-state index is 12.9. The Hall–Kier alpha value is -1.97. The van der Waals surface area contributed by atoms with Crippen LogP contribution in [-0.4, -0.2) is 23.8 Å². The second-order valence-corrected chi connectivity index (χ2v) is 7.20. The first-order valence-electron chi connectivity index (χ1n) is 8.95. The fraction of sp³-hybridized carbons (Fsp3) is 0.409. The molecule has 0 bridgehead atoms. The van der Waals surface area contributed by atoms with Gasteiger partial charge in [-0.2, -0.15) is 0 Å². The Labute approximate surface area is 150 Å². The summed E-state index contributed by atoms with van der Waals surface area (Å²) in [5.74, 6) is -0.710. The fourth-order valence-electron chi connectivity index (χ4n) is 3.30. The Morgan fingerprint density at radius 2 is 1.68 bits per heavy atom. The Morgan fingerprint density at radius 1 is 1.00 bits per heavy atom. The Kier molecular flexibility index (Phi) is 5.36. The van der Waals surface area contributed by atoms with Crippen LogP contribution in [0, 0.1) is 6.92 Å². The molecule has 0 radical (unpaired) electrons. The highest BCUT2D eigenvalue weighted by Gasteiger charge is 2.44. The third kappa shape index (κ3) is 4.56. The summed E-state index contributed by atoms with van der Waals surface area (Å²) in [5.41, 5.74) is 3.13. The van der Waals surface area contributed by atoms with Gasteiger partial charge in [-0.3, -0.25) is 4.79 Å². The summed E-state index contributed by atoms with van der Waals surface area (Å²) in [6.07, 6.45) is 2.01. The molecule has 3 nitrogen and oxygen atoms in total. The van der Waals surface area contributed by atoms with E-state index in [9.17, 15) is 4.79 Å². The van der Waals surface area contributed by atoms with Gasteiger partial charge in [0.15, 0.2) is 11.6 Å². The number of hydrogen-bond donors (Lipinski definition) is 0. The molecule has 0 aliphatic carbocycles. The maximum Gasteiger partial charge on any atom is 0.194 e. The predicted octanol–water partition coefficient (Wildman–Crippen LogP) is 4.72. The number of carbonyl (C=O) groups excluding carboxylic acids is 1. The van der Waals surface area contributed by atoms with Gasteiger partial charge in [-0.1, -0.05) is 60.2 Å². The van der Waals surface area contributed by atoms with Gasteiger partial charge in [0.05, 0.1) is 6.10 Å². The zero-order valence-corrected chi connectivity index (χ0v) is 15.2. The van der Waals surface area contributed by atoms with E-state index in [0.717, 1.165) is 24.8 Å². The van der Waals surface area contributed by atoms with E-state index >= 15 is 0 Å². The molecule has 3 heteroatoms. The highest BCUT2D eigenvalue weighted by molar-refractivity contribution is 6.00. The number of ketones is 1. The summed E-state index contributed by atoms with van der Waals surface area (Å²) in [4.78, 5) is 12.9. The number of aryl methyl sites for hydroxylation is 2. The summed E-state index contributed by atoms with van der Waals surface area (Å²) in [5, 5.41) is 0. The average molecular weight is 338 g/mol. The number of Topliss-reactive ketones (excluding diaryl/α,β-unsaturated/α-hetero) is 1. The topological polar surface area (TPSA) is 35.5 Å². The molecular weight excluding hydrogens is 312 g/mol. The number of rotatable bonds is 6. The number of ether oxygens (including phenoxy) is 2. The smallest absolute Gasteiger partial charge is 0.194 e. The van der Waals surface area contributed by atoms with Gasteiger partial charge in [-0.05, 0) is 45.6 Å². The van der Waals surface area contributed by atoms with Gasteiger partial charge in [0, 0.05) is 5.56 Å². The lowest BCUT2D eigenvalue weighted by Gasteiger charge is -2.16. The monoisotopic (exact) mass is 338 g/mol. The summed E-state index contributed by atoms with van der Waals surface area (Å²) < 4.78 is 12.0. The van der Waals surface area contributed by atoms with Crippen molar-refractivity contribution >= 4 is 5.78 Å². The van der Waals surface area contributed by atoms with Crippen LogP contribution in [0.3, 0.4) is 0 Å². The third-order valence-electron chi connectivity index (χ3n) is 4.58. The van der Waals surface area contributed by atoms with Crippen LogP contribution in [0.15, 0.2) is 54.6 Å². The van der Waals surface area contributed by atoms with Crippen molar-refractivity contribution in [3.05, 3.63) is 71.3 Å². The normalized spacial score (nSPS) is 22.0. The zero-order valence-electron chi connectivity index (χ0n) is 15.2. The van der Waals surface area contributed by atoms with Gasteiger partial charge in [0.1, 0.15) is 6.10 Å². The molecule has 1 aliphatic rings. The van der Waals surface area contributed by atoms with Crippen LogP contribution in [0.4, 0.5) is 0 Å². The molecule has 25 heavy (non-hydrogen) atoms.